The Bertz CT molecular complexity index is 616. The Labute approximate surface area is 132 Å². The number of hydrogen-bond acceptors (Lipinski definition) is 4. The number of amides is 1. The van der Waals surface area contributed by atoms with Gasteiger partial charge in [-0.2, -0.15) is 8.78 Å². The van der Waals surface area contributed by atoms with Crippen molar-refractivity contribution in [1.82, 2.24) is 4.90 Å². The molecule has 1 amide bonds. The molecule has 0 unspecified atom stereocenters. The van der Waals surface area contributed by atoms with Crippen LogP contribution >= 0.6 is 0 Å². The number of furan rings is 1. The van der Waals surface area contributed by atoms with Gasteiger partial charge in [-0.15, -0.1) is 0 Å². The molecule has 5 nitrogen and oxygen atoms in total. The summed E-state index contributed by atoms with van der Waals surface area (Å²) in [5, 5.41) is 0. The Morgan fingerprint density at radius 3 is 2.78 bits per heavy atom. The zero-order chi connectivity index (χ0) is 16.7. The lowest BCUT2D eigenvalue weighted by molar-refractivity contribution is -0.0499. The van der Waals surface area contributed by atoms with Gasteiger partial charge < -0.3 is 18.8 Å². The molecule has 1 aromatic heterocycles. The van der Waals surface area contributed by atoms with Gasteiger partial charge in [0.1, 0.15) is 11.5 Å². The lowest BCUT2D eigenvalue weighted by Gasteiger charge is -2.21. The van der Waals surface area contributed by atoms with E-state index in [2.05, 4.69) is 4.74 Å². The number of carbonyl (C=O) groups is 1. The largest absolute Gasteiger partial charge is 0.467 e. The van der Waals surface area contributed by atoms with E-state index in [1.165, 1.54) is 36.5 Å². The van der Waals surface area contributed by atoms with E-state index >= 15 is 0 Å². The first kappa shape index (κ1) is 17.0. The van der Waals surface area contributed by atoms with Crippen molar-refractivity contribution in [2.45, 2.75) is 13.2 Å². The van der Waals surface area contributed by atoms with Gasteiger partial charge in [0.2, 0.25) is 0 Å². The fourth-order valence-corrected chi connectivity index (χ4v) is 2.03. The first-order valence-electron chi connectivity index (χ1n) is 6.95. The van der Waals surface area contributed by atoms with E-state index in [1.807, 2.05) is 0 Å². The minimum absolute atomic E-state index is 0.0597. The van der Waals surface area contributed by atoms with E-state index in [1.54, 1.807) is 18.2 Å². The van der Waals surface area contributed by atoms with Crippen LogP contribution in [-0.2, 0) is 11.3 Å². The average Bonchev–Trinajstić information content (AvgIpc) is 3.03. The third-order valence-electron chi connectivity index (χ3n) is 3.09. The standard InChI is InChI=1S/C16H17F2NO4/c1-21-9-7-19(11-14-6-3-8-22-14)15(20)12-4-2-5-13(10-12)23-16(17)18/h2-6,8,10,16H,7,9,11H2,1H3. The molecule has 2 aromatic rings. The van der Waals surface area contributed by atoms with Crippen molar-refractivity contribution in [1.29, 1.82) is 0 Å². The van der Waals surface area contributed by atoms with Gasteiger partial charge in [0.25, 0.3) is 5.91 Å². The van der Waals surface area contributed by atoms with Crippen molar-refractivity contribution in [3.63, 3.8) is 0 Å². The molecule has 0 saturated carbocycles. The molecule has 0 spiro atoms. The summed E-state index contributed by atoms with van der Waals surface area (Å²) in [4.78, 5) is 14.1. The molecular weight excluding hydrogens is 308 g/mol. The molecular formula is C16H17F2NO4. The summed E-state index contributed by atoms with van der Waals surface area (Å²) in [7, 11) is 1.53. The quantitative estimate of drug-likeness (QED) is 0.748. The van der Waals surface area contributed by atoms with Crippen molar-refractivity contribution in [2.24, 2.45) is 0 Å². The molecule has 0 aliphatic carbocycles. The highest BCUT2D eigenvalue weighted by Gasteiger charge is 2.18. The predicted molar refractivity (Wildman–Crippen MR) is 78.4 cm³/mol. The van der Waals surface area contributed by atoms with Gasteiger partial charge in [-0.3, -0.25) is 4.79 Å². The number of carbonyl (C=O) groups excluding carboxylic acids is 1. The van der Waals surface area contributed by atoms with Gasteiger partial charge in [0.05, 0.1) is 19.4 Å². The van der Waals surface area contributed by atoms with Gasteiger partial charge >= 0.3 is 6.61 Å². The summed E-state index contributed by atoms with van der Waals surface area (Å²) in [5.74, 6) is 0.239. The number of benzene rings is 1. The number of methoxy groups -OCH3 is 1. The maximum absolute atomic E-state index is 12.6. The second-order valence-electron chi connectivity index (χ2n) is 4.71. The fourth-order valence-electron chi connectivity index (χ4n) is 2.03. The van der Waals surface area contributed by atoms with E-state index in [0.29, 0.717) is 18.9 Å². The van der Waals surface area contributed by atoms with Crippen LogP contribution < -0.4 is 4.74 Å². The summed E-state index contributed by atoms with van der Waals surface area (Å²) in [6, 6.07) is 9.18. The third-order valence-corrected chi connectivity index (χ3v) is 3.09. The van der Waals surface area contributed by atoms with E-state index in [-0.39, 0.29) is 23.8 Å². The van der Waals surface area contributed by atoms with Gasteiger partial charge in [-0.05, 0) is 30.3 Å². The zero-order valence-corrected chi connectivity index (χ0v) is 12.6. The smallest absolute Gasteiger partial charge is 0.387 e. The molecule has 0 aliphatic heterocycles. The summed E-state index contributed by atoms with van der Waals surface area (Å²) in [6.45, 7) is -1.99. The molecule has 0 N–H and O–H groups in total. The van der Waals surface area contributed by atoms with Crippen LogP contribution in [0.25, 0.3) is 0 Å². The van der Waals surface area contributed by atoms with Gasteiger partial charge in [-0.1, -0.05) is 6.07 Å². The molecule has 0 fully saturated rings. The molecule has 1 aromatic carbocycles. The summed E-state index contributed by atoms with van der Waals surface area (Å²) in [6.07, 6.45) is 1.52. The average molecular weight is 325 g/mol. The molecule has 124 valence electrons. The molecule has 1 heterocycles. The normalized spacial score (nSPS) is 10.8. The van der Waals surface area contributed by atoms with Crippen LogP contribution in [0.5, 0.6) is 5.75 Å². The number of nitrogens with zero attached hydrogens (tertiary/aromatic N) is 1. The fraction of sp³-hybridized carbons (Fsp3) is 0.312. The predicted octanol–water partition coefficient (Wildman–Crippen LogP) is 3.17. The number of halogens is 2. The molecule has 0 aliphatic rings. The second-order valence-corrected chi connectivity index (χ2v) is 4.71. The SMILES string of the molecule is COCCN(Cc1ccco1)C(=O)c1cccc(OC(F)F)c1. The van der Waals surface area contributed by atoms with E-state index in [4.69, 9.17) is 9.15 Å². The van der Waals surface area contributed by atoms with E-state index < -0.39 is 6.61 Å². The molecule has 0 radical (unpaired) electrons. The first-order chi connectivity index (χ1) is 11.1. The van der Waals surface area contributed by atoms with Crippen LogP contribution in [0.15, 0.2) is 47.1 Å². The Kier molecular flexibility index (Phi) is 6.10. The Hall–Kier alpha value is -2.41. The highest BCUT2D eigenvalue weighted by molar-refractivity contribution is 5.94. The van der Waals surface area contributed by atoms with Gasteiger partial charge in [0.15, 0.2) is 0 Å². The van der Waals surface area contributed by atoms with Crippen LogP contribution in [0.1, 0.15) is 16.1 Å². The number of ether oxygens (including phenoxy) is 2. The van der Waals surface area contributed by atoms with Crippen LogP contribution in [0.4, 0.5) is 8.78 Å². The highest BCUT2D eigenvalue weighted by atomic mass is 19.3. The maximum Gasteiger partial charge on any atom is 0.387 e. The number of alkyl halides is 2. The van der Waals surface area contributed by atoms with Crippen LogP contribution in [0, 0.1) is 0 Å². The maximum atomic E-state index is 12.6. The van der Waals surface area contributed by atoms with Crippen molar-refractivity contribution >= 4 is 5.91 Å². The monoisotopic (exact) mass is 325 g/mol. The summed E-state index contributed by atoms with van der Waals surface area (Å²) in [5.41, 5.74) is 0.255. The molecule has 2 rings (SSSR count). The van der Waals surface area contributed by atoms with Crippen molar-refractivity contribution < 1.29 is 27.5 Å². The zero-order valence-electron chi connectivity index (χ0n) is 12.6. The van der Waals surface area contributed by atoms with Crippen LogP contribution in [0.3, 0.4) is 0 Å². The molecule has 0 bridgehead atoms. The molecule has 23 heavy (non-hydrogen) atoms. The van der Waals surface area contributed by atoms with Gasteiger partial charge in [0, 0.05) is 19.2 Å². The third kappa shape index (κ3) is 5.07. The number of rotatable bonds is 8. The minimum Gasteiger partial charge on any atom is -0.467 e. The Morgan fingerprint density at radius 2 is 2.13 bits per heavy atom. The van der Waals surface area contributed by atoms with Crippen LogP contribution in [0.2, 0.25) is 0 Å². The van der Waals surface area contributed by atoms with Gasteiger partial charge in [-0.25, -0.2) is 0 Å². The van der Waals surface area contributed by atoms with Crippen LogP contribution in [-0.4, -0.2) is 37.7 Å². The highest BCUT2D eigenvalue weighted by Crippen LogP contribution is 2.18. The minimum atomic E-state index is -2.94. The topological polar surface area (TPSA) is 51.9 Å². The second kappa shape index (κ2) is 8.28. The first-order valence-corrected chi connectivity index (χ1v) is 6.95. The number of hydrogen-bond donors (Lipinski definition) is 0. The Morgan fingerprint density at radius 1 is 1.30 bits per heavy atom. The van der Waals surface area contributed by atoms with Crippen molar-refractivity contribution in [3.05, 3.63) is 54.0 Å². The summed E-state index contributed by atoms with van der Waals surface area (Å²) < 4.78 is 39.1. The van der Waals surface area contributed by atoms with Crippen molar-refractivity contribution in [3.8, 4) is 5.75 Å². The summed E-state index contributed by atoms with van der Waals surface area (Å²) >= 11 is 0. The lowest BCUT2D eigenvalue weighted by atomic mass is 10.2. The molecule has 7 heteroatoms. The lowest BCUT2D eigenvalue weighted by Crippen LogP contribution is -2.33. The van der Waals surface area contributed by atoms with E-state index in [9.17, 15) is 13.6 Å². The van der Waals surface area contributed by atoms with Crippen molar-refractivity contribution in [2.75, 3.05) is 20.3 Å². The van der Waals surface area contributed by atoms with E-state index in [0.717, 1.165) is 0 Å². The molecule has 0 saturated heterocycles. The Balaban J connectivity index is 2.15. The molecule has 0 atom stereocenters.